The van der Waals surface area contributed by atoms with Gasteiger partial charge in [0.05, 0.1) is 39.2 Å². The Kier molecular flexibility index (Phi) is 6.89. The van der Waals surface area contributed by atoms with Crippen LogP contribution in [-0.2, 0) is 0 Å². The largest absolute Gasteiger partial charge is 0.324 e. The highest BCUT2D eigenvalue weighted by molar-refractivity contribution is 6.05. The number of nitrogens with zero attached hydrogens (tertiary/aromatic N) is 6. The highest BCUT2D eigenvalue weighted by Gasteiger charge is 2.20. The molecular weight excluding hydrogens is 574 g/mol. The summed E-state index contributed by atoms with van der Waals surface area (Å²) in [6.45, 7) is 3.86. The van der Waals surface area contributed by atoms with E-state index in [1.807, 2.05) is 62.5 Å². The molecule has 0 unspecified atom stereocenters. The van der Waals surface area contributed by atoms with Crippen molar-refractivity contribution in [3.8, 4) is 22.5 Å². The van der Waals surface area contributed by atoms with E-state index in [9.17, 15) is 13.6 Å². The molecule has 9 nitrogen and oxygen atoms in total. The second kappa shape index (κ2) is 11.2. The third-order valence-corrected chi connectivity index (χ3v) is 7.37. The van der Waals surface area contributed by atoms with Gasteiger partial charge in [0.15, 0.2) is 0 Å². The van der Waals surface area contributed by atoms with Gasteiger partial charge < -0.3 is 10.6 Å². The van der Waals surface area contributed by atoms with Gasteiger partial charge in [-0.3, -0.25) is 4.79 Å². The molecule has 2 N–H and O–H groups in total. The molecule has 45 heavy (non-hydrogen) atoms. The molecule has 220 valence electrons. The van der Waals surface area contributed by atoms with E-state index in [2.05, 4.69) is 25.6 Å². The number of benzene rings is 3. The minimum atomic E-state index is -0.943. The van der Waals surface area contributed by atoms with Crippen molar-refractivity contribution in [2.75, 3.05) is 10.6 Å². The molecule has 0 radical (unpaired) electrons. The predicted molar refractivity (Wildman–Crippen MR) is 168 cm³/mol. The van der Waals surface area contributed by atoms with Crippen molar-refractivity contribution in [2.45, 2.75) is 13.8 Å². The summed E-state index contributed by atoms with van der Waals surface area (Å²) in [6, 6.07) is 23.4. The number of aromatic nitrogens is 6. The molecule has 1 amide bonds. The summed E-state index contributed by atoms with van der Waals surface area (Å²) in [4.78, 5) is 31.3. The number of fused-ring (bicyclic) bond motifs is 2. The maximum atomic E-state index is 14.2. The number of halogens is 2. The molecule has 11 heteroatoms. The molecule has 0 saturated carbocycles. The van der Waals surface area contributed by atoms with E-state index in [-0.39, 0.29) is 0 Å². The number of hydrogen-bond donors (Lipinski definition) is 2. The first-order valence-electron chi connectivity index (χ1n) is 14.0. The quantitative estimate of drug-likeness (QED) is 0.207. The molecule has 4 heterocycles. The van der Waals surface area contributed by atoms with Crippen LogP contribution in [0, 0.1) is 25.5 Å². The topological polar surface area (TPSA) is 110 Å². The predicted octanol–water partition coefficient (Wildman–Crippen LogP) is 7.29. The van der Waals surface area contributed by atoms with Gasteiger partial charge in [0.2, 0.25) is 5.95 Å². The van der Waals surface area contributed by atoms with Crippen LogP contribution in [0.25, 0.3) is 39.1 Å². The molecule has 0 atom stereocenters. The van der Waals surface area contributed by atoms with Crippen LogP contribution in [0.15, 0.2) is 97.3 Å². The number of anilines is 3. The van der Waals surface area contributed by atoms with Crippen molar-refractivity contribution in [1.82, 2.24) is 29.5 Å². The molecule has 3 aromatic carbocycles. The third-order valence-electron chi connectivity index (χ3n) is 7.37. The fourth-order valence-electron chi connectivity index (χ4n) is 5.10. The summed E-state index contributed by atoms with van der Waals surface area (Å²) >= 11 is 0. The monoisotopic (exact) mass is 598 g/mol. The molecular formula is C34H24F2N8O. The molecule has 7 aromatic rings. The summed E-state index contributed by atoms with van der Waals surface area (Å²) in [5.41, 5.74) is 7.15. The summed E-state index contributed by atoms with van der Waals surface area (Å²) in [5.74, 6) is -2.41. The van der Waals surface area contributed by atoms with Crippen LogP contribution in [0.4, 0.5) is 26.1 Å². The van der Waals surface area contributed by atoms with E-state index in [4.69, 9.17) is 10.1 Å². The number of nitrogens with one attached hydrogen (secondary N) is 2. The lowest BCUT2D eigenvalue weighted by Gasteiger charge is -2.10. The number of pyridine rings is 1. The minimum absolute atomic E-state index is 0.345. The maximum absolute atomic E-state index is 14.2. The van der Waals surface area contributed by atoms with Crippen molar-refractivity contribution in [2.24, 2.45) is 0 Å². The first-order chi connectivity index (χ1) is 21.8. The maximum Gasteiger partial charge on any atom is 0.261 e. The highest BCUT2D eigenvalue weighted by Crippen LogP contribution is 2.35. The van der Waals surface area contributed by atoms with Crippen LogP contribution in [0.3, 0.4) is 0 Å². The SMILES string of the molecule is Cc1nc2ccc(Nc3nccc(-c4c(-c5cccc(NC(=O)c6c(F)cccc6F)c5)nn5ccccc45)n3)cc2nc1C. The zero-order chi connectivity index (χ0) is 31.1. The lowest BCUT2D eigenvalue weighted by atomic mass is 10.0. The Hall–Kier alpha value is -6.10. The third kappa shape index (κ3) is 5.31. The van der Waals surface area contributed by atoms with Gasteiger partial charge in [-0.05, 0) is 74.5 Å². The summed E-state index contributed by atoms with van der Waals surface area (Å²) in [6.07, 6.45) is 3.49. The zero-order valence-electron chi connectivity index (χ0n) is 24.1. The minimum Gasteiger partial charge on any atom is -0.324 e. The van der Waals surface area contributed by atoms with E-state index in [1.165, 1.54) is 6.07 Å². The number of rotatable bonds is 6. The van der Waals surface area contributed by atoms with Crippen molar-refractivity contribution in [1.29, 1.82) is 0 Å². The highest BCUT2D eigenvalue weighted by atomic mass is 19.1. The molecule has 0 aliphatic heterocycles. The Morgan fingerprint density at radius 1 is 0.778 bits per heavy atom. The average molecular weight is 599 g/mol. The van der Waals surface area contributed by atoms with Crippen molar-refractivity contribution >= 4 is 39.8 Å². The van der Waals surface area contributed by atoms with Gasteiger partial charge in [0.25, 0.3) is 5.91 Å². The van der Waals surface area contributed by atoms with Crippen LogP contribution in [0.2, 0.25) is 0 Å². The van der Waals surface area contributed by atoms with Crippen molar-refractivity contribution < 1.29 is 13.6 Å². The number of amides is 1. The molecule has 0 bridgehead atoms. The molecule has 0 saturated heterocycles. The first-order valence-corrected chi connectivity index (χ1v) is 14.0. The molecule has 0 aliphatic carbocycles. The van der Waals surface area contributed by atoms with E-state index in [0.717, 1.165) is 51.3 Å². The Balaban J connectivity index is 1.25. The summed E-state index contributed by atoms with van der Waals surface area (Å²) in [5, 5.41) is 10.7. The second-order valence-corrected chi connectivity index (χ2v) is 10.4. The molecule has 0 aliphatic rings. The van der Waals surface area contributed by atoms with Crippen molar-refractivity contribution in [3.05, 3.63) is 126 Å². The van der Waals surface area contributed by atoms with Crippen LogP contribution in [-0.4, -0.2) is 35.5 Å². The first kappa shape index (κ1) is 27.7. The molecule has 0 fully saturated rings. The Morgan fingerprint density at radius 3 is 2.38 bits per heavy atom. The molecule has 0 spiro atoms. The standard InChI is InChI=1S/C34H24F2N8O/c1-19-20(2)39-28-18-23(12-13-26(28)38-19)41-34-37-15-14-27(42-34)31-29-11-3-4-16-44(29)43-32(31)21-7-5-8-22(17-21)40-33(45)30-24(35)9-6-10-25(30)36/h3-18H,1-2H3,(H,40,45)(H,37,41,42). The van der Waals surface area contributed by atoms with Gasteiger partial charge in [-0.15, -0.1) is 0 Å². The van der Waals surface area contributed by atoms with Gasteiger partial charge in [-0.25, -0.2) is 33.2 Å². The Labute approximate surface area is 255 Å². The lowest BCUT2D eigenvalue weighted by Crippen LogP contribution is -2.15. The van der Waals surface area contributed by atoms with Gasteiger partial charge in [0, 0.05) is 29.3 Å². The number of aryl methyl sites for hydroxylation is 2. The van der Waals surface area contributed by atoms with E-state index in [0.29, 0.717) is 28.6 Å². The van der Waals surface area contributed by atoms with Crippen LogP contribution < -0.4 is 10.6 Å². The van der Waals surface area contributed by atoms with Gasteiger partial charge in [-0.1, -0.05) is 24.3 Å². The fraction of sp³-hybridized carbons (Fsp3) is 0.0588. The molecule has 7 rings (SSSR count). The fourth-order valence-corrected chi connectivity index (χ4v) is 5.10. The lowest BCUT2D eigenvalue weighted by molar-refractivity contribution is 0.101. The van der Waals surface area contributed by atoms with Crippen molar-refractivity contribution in [3.63, 3.8) is 0 Å². The molecule has 4 aromatic heterocycles. The smallest absolute Gasteiger partial charge is 0.261 e. The second-order valence-electron chi connectivity index (χ2n) is 10.4. The van der Waals surface area contributed by atoms with Crippen LogP contribution >= 0.6 is 0 Å². The van der Waals surface area contributed by atoms with Crippen LogP contribution in [0.1, 0.15) is 21.7 Å². The normalized spacial score (nSPS) is 11.2. The van der Waals surface area contributed by atoms with E-state index < -0.39 is 23.1 Å². The number of hydrogen-bond acceptors (Lipinski definition) is 7. The van der Waals surface area contributed by atoms with Crippen LogP contribution in [0.5, 0.6) is 0 Å². The Morgan fingerprint density at radius 2 is 1.56 bits per heavy atom. The van der Waals surface area contributed by atoms with Gasteiger partial charge in [0.1, 0.15) is 22.9 Å². The van der Waals surface area contributed by atoms with Gasteiger partial charge >= 0.3 is 0 Å². The number of carbonyl (C=O) groups is 1. The summed E-state index contributed by atoms with van der Waals surface area (Å²) in [7, 11) is 0. The average Bonchev–Trinajstić information content (AvgIpc) is 3.42. The van der Waals surface area contributed by atoms with Gasteiger partial charge in [-0.2, -0.15) is 5.10 Å². The number of carbonyl (C=O) groups excluding carboxylic acids is 1. The summed E-state index contributed by atoms with van der Waals surface area (Å²) < 4.78 is 30.2. The zero-order valence-corrected chi connectivity index (χ0v) is 24.1. The Bertz CT molecular complexity index is 2250. The van der Waals surface area contributed by atoms with E-state index in [1.54, 1.807) is 35.0 Å². The van der Waals surface area contributed by atoms with E-state index >= 15 is 0 Å².